The highest BCUT2D eigenvalue weighted by Crippen LogP contribution is 2.27. The molecule has 0 aliphatic heterocycles. The normalized spacial score (nSPS) is 11.2. The van der Waals surface area contributed by atoms with Crippen molar-refractivity contribution >= 4 is 27.5 Å². The van der Waals surface area contributed by atoms with Crippen LogP contribution in [0.15, 0.2) is 47.6 Å². The number of anilines is 1. The molecule has 0 aliphatic carbocycles. The van der Waals surface area contributed by atoms with E-state index in [1.165, 1.54) is 29.5 Å². The molecule has 5 aromatic rings. The summed E-state index contributed by atoms with van der Waals surface area (Å²) < 4.78 is 17.8. The second-order valence-corrected chi connectivity index (χ2v) is 8.17. The lowest BCUT2D eigenvalue weighted by Crippen LogP contribution is -2.07. The van der Waals surface area contributed by atoms with E-state index in [4.69, 9.17) is 4.52 Å². The number of nitrogens with one attached hydrogen (secondary N) is 1. The molecule has 1 aromatic carbocycles. The number of nitrogens with zero attached hydrogens (tertiary/aromatic N) is 7. The molecule has 0 saturated carbocycles. The van der Waals surface area contributed by atoms with E-state index in [1.807, 2.05) is 31.2 Å². The first kappa shape index (κ1) is 20.1. The van der Waals surface area contributed by atoms with Gasteiger partial charge in [0.05, 0.1) is 23.1 Å². The lowest BCUT2D eigenvalue weighted by Gasteiger charge is -2.08. The summed E-state index contributed by atoms with van der Waals surface area (Å²) in [6.07, 6.45) is 5.57. The highest BCUT2D eigenvalue weighted by Gasteiger charge is 2.15. The highest BCUT2D eigenvalue weighted by atomic mass is 32.1. The van der Waals surface area contributed by atoms with Crippen LogP contribution < -0.4 is 5.32 Å². The second kappa shape index (κ2) is 8.71. The van der Waals surface area contributed by atoms with Gasteiger partial charge >= 0.3 is 0 Å². The monoisotopic (exact) mass is 448 g/mol. The minimum atomic E-state index is -0.587. The standard InChI is InChI=1S/C21H17FN8OS/c1-12-27-17-18(28-20(29-21(17)32-12)19-26-11-31-30-19)23-8-2-3-13-4-6-14(7-5-13)15-9-25-16(22)10-24-15/h4-7,9-11H,2-3,8H2,1H3,(H,23,28,29). The molecular weight excluding hydrogens is 431 g/mol. The predicted molar refractivity (Wildman–Crippen MR) is 117 cm³/mol. The Kier molecular flexibility index (Phi) is 5.46. The van der Waals surface area contributed by atoms with Gasteiger partial charge in [-0.3, -0.25) is 0 Å². The van der Waals surface area contributed by atoms with Gasteiger partial charge in [0.2, 0.25) is 24.0 Å². The number of aryl methyl sites for hydroxylation is 2. The van der Waals surface area contributed by atoms with E-state index >= 15 is 0 Å². The second-order valence-electron chi connectivity index (χ2n) is 6.99. The van der Waals surface area contributed by atoms with Gasteiger partial charge in [-0.25, -0.2) is 24.9 Å². The topological polar surface area (TPSA) is 115 Å². The molecule has 5 rings (SSSR count). The van der Waals surface area contributed by atoms with E-state index in [2.05, 4.69) is 40.4 Å². The zero-order valence-electron chi connectivity index (χ0n) is 17.0. The van der Waals surface area contributed by atoms with Gasteiger partial charge in [0.1, 0.15) is 10.3 Å². The molecule has 0 bridgehead atoms. The van der Waals surface area contributed by atoms with E-state index in [1.54, 1.807) is 0 Å². The minimum Gasteiger partial charge on any atom is -0.368 e. The Morgan fingerprint density at radius 2 is 1.88 bits per heavy atom. The largest absolute Gasteiger partial charge is 0.368 e. The summed E-state index contributed by atoms with van der Waals surface area (Å²) in [4.78, 5) is 26.1. The number of fused-ring (bicyclic) bond motifs is 1. The summed E-state index contributed by atoms with van der Waals surface area (Å²) in [6, 6.07) is 8.02. The molecule has 9 nitrogen and oxygen atoms in total. The first-order valence-corrected chi connectivity index (χ1v) is 10.7. The number of aromatic nitrogens is 7. The van der Waals surface area contributed by atoms with Crippen molar-refractivity contribution < 1.29 is 8.91 Å². The number of rotatable bonds is 7. The Labute approximate surface area is 185 Å². The number of benzene rings is 1. The molecule has 1 N–H and O–H groups in total. The molecular formula is C21H17FN8OS. The third-order valence-corrected chi connectivity index (χ3v) is 5.60. The number of halogens is 1. The average Bonchev–Trinajstić information content (AvgIpc) is 3.47. The molecule has 4 aromatic heterocycles. The van der Waals surface area contributed by atoms with Crippen molar-refractivity contribution in [2.24, 2.45) is 0 Å². The van der Waals surface area contributed by atoms with Crippen molar-refractivity contribution in [2.45, 2.75) is 19.8 Å². The van der Waals surface area contributed by atoms with Crippen LogP contribution in [0.1, 0.15) is 17.0 Å². The van der Waals surface area contributed by atoms with Crippen molar-refractivity contribution in [2.75, 3.05) is 11.9 Å². The Hall–Kier alpha value is -3.86. The molecule has 0 fully saturated rings. The van der Waals surface area contributed by atoms with Crippen LogP contribution in [0.2, 0.25) is 0 Å². The molecule has 0 saturated heterocycles. The van der Waals surface area contributed by atoms with E-state index in [0.717, 1.165) is 40.0 Å². The van der Waals surface area contributed by atoms with Gasteiger partial charge in [0.25, 0.3) is 0 Å². The number of hydrogen-bond acceptors (Lipinski definition) is 10. The van der Waals surface area contributed by atoms with E-state index in [-0.39, 0.29) is 0 Å². The van der Waals surface area contributed by atoms with Gasteiger partial charge in [-0.05, 0) is 25.3 Å². The molecule has 0 amide bonds. The van der Waals surface area contributed by atoms with Gasteiger partial charge in [-0.15, -0.1) is 0 Å². The lowest BCUT2D eigenvalue weighted by atomic mass is 10.1. The van der Waals surface area contributed by atoms with Gasteiger partial charge in [-0.1, -0.05) is 40.8 Å². The van der Waals surface area contributed by atoms with Gasteiger partial charge in [-0.2, -0.15) is 9.37 Å². The highest BCUT2D eigenvalue weighted by molar-refractivity contribution is 7.18. The van der Waals surface area contributed by atoms with Crippen LogP contribution in [0.3, 0.4) is 0 Å². The summed E-state index contributed by atoms with van der Waals surface area (Å²) in [5.41, 5.74) is 3.47. The smallest absolute Gasteiger partial charge is 0.240 e. The summed E-state index contributed by atoms with van der Waals surface area (Å²) in [6.45, 7) is 2.64. The Morgan fingerprint density at radius 1 is 1.00 bits per heavy atom. The summed E-state index contributed by atoms with van der Waals surface area (Å²) in [5.74, 6) is 0.809. The van der Waals surface area contributed by atoms with Gasteiger partial charge in [0, 0.05) is 12.1 Å². The number of thiazole rings is 1. The molecule has 0 aliphatic rings. The Morgan fingerprint density at radius 3 is 2.62 bits per heavy atom. The fraction of sp³-hybridized carbons (Fsp3) is 0.190. The van der Waals surface area contributed by atoms with Crippen LogP contribution in [0.4, 0.5) is 10.2 Å². The first-order valence-electron chi connectivity index (χ1n) is 9.88. The third kappa shape index (κ3) is 4.28. The van der Waals surface area contributed by atoms with Crippen LogP contribution >= 0.6 is 11.3 Å². The molecule has 0 radical (unpaired) electrons. The fourth-order valence-corrected chi connectivity index (χ4v) is 4.01. The molecule has 0 spiro atoms. The Balaban J connectivity index is 1.24. The van der Waals surface area contributed by atoms with Crippen molar-refractivity contribution in [1.29, 1.82) is 0 Å². The van der Waals surface area contributed by atoms with Crippen LogP contribution in [-0.2, 0) is 6.42 Å². The first-order chi connectivity index (χ1) is 15.7. The molecule has 0 atom stereocenters. The van der Waals surface area contributed by atoms with E-state index in [0.29, 0.717) is 29.7 Å². The predicted octanol–water partition coefficient (Wildman–Crippen LogP) is 4.09. The SMILES string of the molecule is Cc1nc2c(NCCCc3ccc(-c4cnc(F)cn4)cc3)nc(-c3ncon3)nc2s1. The average molecular weight is 448 g/mol. The summed E-state index contributed by atoms with van der Waals surface area (Å²) >= 11 is 1.50. The van der Waals surface area contributed by atoms with Crippen LogP contribution in [0.25, 0.3) is 33.3 Å². The maximum Gasteiger partial charge on any atom is 0.240 e. The molecule has 0 unspecified atom stereocenters. The van der Waals surface area contributed by atoms with Gasteiger partial charge < -0.3 is 9.84 Å². The maximum absolute atomic E-state index is 12.9. The van der Waals surface area contributed by atoms with Gasteiger partial charge in [0.15, 0.2) is 5.82 Å². The van der Waals surface area contributed by atoms with Crippen molar-refractivity contribution in [3.8, 4) is 22.9 Å². The third-order valence-electron chi connectivity index (χ3n) is 4.73. The Bertz CT molecular complexity index is 1340. The van der Waals surface area contributed by atoms with E-state index < -0.39 is 5.95 Å². The molecule has 160 valence electrons. The number of hydrogen-bond donors (Lipinski definition) is 1. The van der Waals surface area contributed by atoms with Crippen LogP contribution in [0.5, 0.6) is 0 Å². The quantitative estimate of drug-likeness (QED) is 0.368. The van der Waals surface area contributed by atoms with Crippen molar-refractivity contribution in [3.05, 3.63) is 59.6 Å². The van der Waals surface area contributed by atoms with Crippen molar-refractivity contribution in [1.82, 2.24) is 35.1 Å². The molecule has 11 heteroatoms. The summed E-state index contributed by atoms with van der Waals surface area (Å²) in [7, 11) is 0. The van der Waals surface area contributed by atoms with Crippen LogP contribution in [0, 0.1) is 12.9 Å². The minimum absolute atomic E-state index is 0.340. The lowest BCUT2D eigenvalue weighted by molar-refractivity contribution is 0.418. The maximum atomic E-state index is 12.9. The van der Waals surface area contributed by atoms with Crippen molar-refractivity contribution in [3.63, 3.8) is 0 Å². The van der Waals surface area contributed by atoms with Crippen LogP contribution in [-0.4, -0.2) is 41.6 Å². The zero-order chi connectivity index (χ0) is 21.9. The molecule has 4 heterocycles. The fourth-order valence-electron chi connectivity index (χ4n) is 3.22. The molecule has 32 heavy (non-hydrogen) atoms. The summed E-state index contributed by atoms with van der Waals surface area (Å²) in [5, 5.41) is 8.11. The zero-order valence-corrected chi connectivity index (χ0v) is 17.8. The van der Waals surface area contributed by atoms with E-state index in [9.17, 15) is 4.39 Å².